The molecule has 2 heterocycles. The van der Waals surface area contributed by atoms with Crippen LogP contribution in [0.15, 0.2) is 72.0 Å². The smallest absolute Gasteiger partial charge is 0.122 e. The van der Waals surface area contributed by atoms with Crippen LogP contribution >= 0.6 is 11.8 Å². The lowest BCUT2D eigenvalue weighted by molar-refractivity contribution is 0.920. The molecule has 0 aliphatic rings. The van der Waals surface area contributed by atoms with Gasteiger partial charge < -0.3 is 0 Å². The number of fused-ring (bicyclic) bond motifs is 1. The fourth-order valence-corrected chi connectivity index (χ4v) is 3.90. The fraction of sp³-hybridized carbons (Fsp3) is 0.143. The Balaban J connectivity index is 1.66. The molecule has 0 N–H and O–H groups in total. The van der Waals surface area contributed by atoms with Crippen LogP contribution in [-0.2, 0) is 5.75 Å². The van der Waals surface area contributed by atoms with Crippen LogP contribution in [0.2, 0.25) is 0 Å². The molecule has 3 nitrogen and oxygen atoms in total. The lowest BCUT2D eigenvalue weighted by atomic mass is 10.1. The Labute approximate surface area is 151 Å². The van der Waals surface area contributed by atoms with Crippen LogP contribution < -0.4 is 0 Å². The van der Waals surface area contributed by atoms with Crippen molar-refractivity contribution < 1.29 is 0 Å². The molecule has 4 rings (SSSR count). The normalized spacial score (nSPS) is 11.1. The van der Waals surface area contributed by atoms with E-state index in [0.717, 1.165) is 27.6 Å². The highest BCUT2D eigenvalue weighted by Crippen LogP contribution is 2.29. The van der Waals surface area contributed by atoms with E-state index >= 15 is 0 Å². The van der Waals surface area contributed by atoms with Gasteiger partial charge in [-0.05, 0) is 31.0 Å². The summed E-state index contributed by atoms with van der Waals surface area (Å²) in [6.07, 6.45) is 3.73. The van der Waals surface area contributed by atoms with Crippen LogP contribution in [0.25, 0.3) is 16.8 Å². The van der Waals surface area contributed by atoms with Gasteiger partial charge in [-0.3, -0.25) is 0 Å². The average Bonchev–Trinajstić information content (AvgIpc) is 3.08. The first-order chi connectivity index (χ1) is 12.2. The molecule has 0 aliphatic heterocycles. The highest BCUT2D eigenvalue weighted by molar-refractivity contribution is 7.98. The van der Waals surface area contributed by atoms with Gasteiger partial charge in [-0.25, -0.2) is 9.50 Å². The number of aryl methyl sites for hydroxylation is 2. The third-order valence-corrected chi connectivity index (χ3v) is 5.34. The number of hydrogen-bond acceptors (Lipinski definition) is 3. The monoisotopic (exact) mass is 345 g/mol. The number of aromatic nitrogens is 3. The molecule has 0 saturated carbocycles. The molecule has 0 bridgehead atoms. The first-order valence-corrected chi connectivity index (χ1v) is 9.28. The Bertz CT molecular complexity index is 1020. The van der Waals surface area contributed by atoms with Crippen LogP contribution in [0.4, 0.5) is 0 Å². The van der Waals surface area contributed by atoms with Gasteiger partial charge in [0, 0.05) is 23.7 Å². The minimum absolute atomic E-state index is 0.909. The SMILES string of the molecule is Cc1ccc(C)c(CSc2nccn3nc(-c4ccccc4)cc23)c1. The van der Waals surface area contributed by atoms with Gasteiger partial charge in [0.25, 0.3) is 0 Å². The molecule has 0 atom stereocenters. The molecule has 4 heteroatoms. The molecule has 0 fully saturated rings. The molecule has 0 radical (unpaired) electrons. The molecule has 0 saturated heterocycles. The van der Waals surface area contributed by atoms with Crippen LogP contribution in [0.1, 0.15) is 16.7 Å². The van der Waals surface area contributed by atoms with Gasteiger partial charge in [-0.2, -0.15) is 5.10 Å². The van der Waals surface area contributed by atoms with E-state index in [1.54, 1.807) is 11.8 Å². The molecule has 4 aromatic rings. The van der Waals surface area contributed by atoms with Crippen molar-refractivity contribution in [3.63, 3.8) is 0 Å². The Morgan fingerprint density at radius 1 is 1.00 bits per heavy atom. The summed E-state index contributed by atoms with van der Waals surface area (Å²) in [5.74, 6) is 0.909. The topological polar surface area (TPSA) is 30.2 Å². The number of nitrogens with zero attached hydrogens (tertiary/aromatic N) is 3. The van der Waals surface area contributed by atoms with Crippen molar-refractivity contribution in [2.45, 2.75) is 24.6 Å². The third kappa shape index (κ3) is 3.30. The molecule has 25 heavy (non-hydrogen) atoms. The summed E-state index contributed by atoms with van der Waals surface area (Å²) >= 11 is 1.76. The number of thioether (sulfide) groups is 1. The van der Waals surface area contributed by atoms with E-state index in [9.17, 15) is 0 Å². The maximum absolute atomic E-state index is 4.69. The Kier molecular flexibility index (Phi) is 4.28. The Morgan fingerprint density at radius 3 is 2.68 bits per heavy atom. The number of benzene rings is 2. The van der Waals surface area contributed by atoms with Crippen molar-refractivity contribution in [2.75, 3.05) is 0 Å². The maximum atomic E-state index is 4.69. The predicted molar refractivity (Wildman–Crippen MR) is 104 cm³/mol. The summed E-state index contributed by atoms with van der Waals surface area (Å²) in [6, 6.07) is 19.0. The summed E-state index contributed by atoms with van der Waals surface area (Å²) in [5.41, 5.74) is 7.12. The van der Waals surface area contributed by atoms with Crippen molar-refractivity contribution in [1.29, 1.82) is 0 Å². The standard InChI is InChI=1S/C21H19N3S/c1-15-8-9-16(2)18(12-15)14-25-21-20-13-19(17-6-4-3-5-7-17)23-24(20)11-10-22-21/h3-13H,14H2,1-2H3. The van der Waals surface area contributed by atoms with Crippen LogP contribution in [-0.4, -0.2) is 14.6 Å². The number of hydrogen-bond donors (Lipinski definition) is 0. The highest BCUT2D eigenvalue weighted by Gasteiger charge is 2.10. The van der Waals surface area contributed by atoms with Crippen LogP contribution in [0.3, 0.4) is 0 Å². The van der Waals surface area contributed by atoms with Crippen molar-refractivity contribution in [3.8, 4) is 11.3 Å². The minimum atomic E-state index is 0.909. The average molecular weight is 345 g/mol. The maximum Gasteiger partial charge on any atom is 0.122 e. The first-order valence-electron chi connectivity index (χ1n) is 8.29. The summed E-state index contributed by atoms with van der Waals surface area (Å²) in [7, 11) is 0. The molecular formula is C21H19N3S. The van der Waals surface area contributed by atoms with Gasteiger partial charge >= 0.3 is 0 Å². The van der Waals surface area contributed by atoms with E-state index in [0.29, 0.717) is 0 Å². The summed E-state index contributed by atoms with van der Waals surface area (Å²) in [4.78, 5) is 4.58. The van der Waals surface area contributed by atoms with Gasteiger partial charge in [0.05, 0.1) is 11.2 Å². The van der Waals surface area contributed by atoms with E-state index in [4.69, 9.17) is 5.10 Å². The molecule has 2 aromatic heterocycles. The molecule has 0 unspecified atom stereocenters. The minimum Gasteiger partial charge on any atom is -0.246 e. The van der Waals surface area contributed by atoms with Gasteiger partial charge in [0.2, 0.25) is 0 Å². The van der Waals surface area contributed by atoms with Gasteiger partial charge in [0.1, 0.15) is 5.03 Å². The van der Waals surface area contributed by atoms with Crippen molar-refractivity contribution >= 4 is 17.3 Å². The molecular weight excluding hydrogens is 326 g/mol. The lowest BCUT2D eigenvalue weighted by Crippen LogP contribution is -1.92. The van der Waals surface area contributed by atoms with Gasteiger partial charge in [0.15, 0.2) is 0 Å². The second kappa shape index (κ2) is 6.73. The van der Waals surface area contributed by atoms with Crippen molar-refractivity contribution in [2.24, 2.45) is 0 Å². The quantitative estimate of drug-likeness (QED) is 0.470. The third-order valence-electron chi connectivity index (χ3n) is 4.29. The first kappa shape index (κ1) is 15.9. The summed E-state index contributed by atoms with van der Waals surface area (Å²) < 4.78 is 1.92. The van der Waals surface area contributed by atoms with Crippen molar-refractivity contribution in [1.82, 2.24) is 14.6 Å². The second-order valence-electron chi connectivity index (χ2n) is 6.18. The molecule has 2 aromatic carbocycles. The highest BCUT2D eigenvalue weighted by atomic mass is 32.2. The zero-order valence-corrected chi connectivity index (χ0v) is 15.1. The molecule has 0 aliphatic carbocycles. The summed E-state index contributed by atoms with van der Waals surface area (Å²) in [6.45, 7) is 4.30. The van der Waals surface area contributed by atoms with Crippen LogP contribution in [0.5, 0.6) is 0 Å². The Morgan fingerprint density at radius 2 is 1.84 bits per heavy atom. The van der Waals surface area contributed by atoms with Crippen LogP contribution in [0, 0.1) is 13.8 Å². The van der Waals surface area contributed by atoms with E-state index < -0.39 is 0 Å². The van der Waals surface area contributed by atoms with Gasteiger partial charge in [-0.15, -0.1) is 0 Å². The molecule has 0 amide bonds. The molecule has 0 spiro atoms. The van der Waals surface area contributed by atoms with Gasteiger partial charge in [-0.1, -0.05) is 65.9 Å². The zero-order valence-electron chi connectivity index (χ0n) is 14.3. The largest absolute Gasteiger partial charge is 0.246 e. The Hall–Kier alpha value is -2.59. The van der Waals surface area contributed by atoms with E-state index in [1.165, 1.54) is 16.7 Å². The second-order valence-corrected chi connectivity index (χ2v) is 7.14. The lowest BCUT2D eigenvalue weighted by Gasteiger charge is -2.07. The van der Waals surface area contributed by atoms with E-state index in [1.807, 2.05) is 35.1 Å². The fourth-order valence-electron chi connectivity index (χ4n) is 2.86. The summed E-state index contributed by atoms with van der Waals surface area (Å²) in [5, 5.41) is 5.71. The molecule has 124 valence electrons. The van der Waals surface area contributed by atoms with Crippen molar-refractivity contribution in [3.05, 3.63) is 83.7 Å². The van der Waals surface area contributed by atoms with E-state index in [-0.39, 0.29) is 0 Å². The predicted octanol–water partition coefficient (Wildman–Crippen LogP) is 5.31. The van der Waals surface area contributed by atoms with E-state index in [2.05, 4.69) is 55.2 Å². The number of rotatable bonds is 4. The zero-order chi connectivity index (χ0) is 17.2.